The zero-order chi connectivity index (χ0) is 15.4. The van der Waals surface area contributed by atoms with E-state index in [9.17, 15) is 13.6 Å². The first-order valence-electron chi connectivity index (χ1n) is 6.45. The molecule has 0 spiro atoms. The second-order valence-corrected chi connectivity index (χ2v) is 4.43. The van der Waals surface area contributed by atoms with Gasteiger partial charge in [-0.15, -0.1) is 0 Å². The van der Waals surface area contributed by atoms with E-state index >= 15 is 0 Å². The maximum Gasteiger partial charge on any atom is 0.341 e. The van der Waals surface area contributed by atoms with E-state index in [2.05, 4.69) is 0 Å². The first kappa shape index (κ1) is 15.0. The third-order valence-electron chi connectivity index (χ3n) is 3.07. The molecule has 0 unspecified atom stereocenters. The first-order chi connectivity index (χ1) is 10.0. The van der Waals surface area contributed by atoms with Gasteiger partial charge in [-0.05, 0) is 18.1 Å². The molecule has 0 heterocycles. The van der Waals surface area contributed by atoms with Crippen molar-refractivity contribution < 1.29 is 23.4 Å². The number of ether oxygens (including phenoxy) is 1. The van der Waals surface area contributed by atoms with Crippen molar-refractivity contribution in [3.63, 3.8) is 0 Å². The summed E-state index contributed by atoms with van der Waals surface area (Å²) >= 11 is 0. The van der Waals surface area contributed by atoms with Crippen LogP contribution in [0.1, 0.15) is 12.5 Å². The minimum atomic E-state index is -1.14. The van der Waals surface area contributed by atoms with Crippen molar-refractivity contribution in [2.45, 2.75) is 13.3 Å². The lowest BCUT2D eigenvalue weighted by Gasteiger charge is -2.12. The lowest BCUT2D eigenvalue weighted by atomic mass is 10.0. The van der Waals surface area contributed by atoms with Crippen molar-refractivity contribution in [3.05, 3.63) is 53.6 Å². The van der Waals surface area contributed by atoms with Crippen LogP contribution in [0, 0.1) is 11.6 Å². The Kier molecular flexibility index (Phi) is 4.52. The molecule has 0 radical (unpaired) electrons. The molecular weight excluding hydrogens is 278 g/mol. The van der Waals surface area contributed by atoms with Crippen LogP contribution in [0.3, 0.4) is 0 Å². The van der Waals surface area contributed by atoms with Crippen LogP contribution in [0.4, 0.5) is 8.78 Å². The third kappa shape index (κ3) is 3.18. The van der Waals surface area contributed by atoms with Crippen LogP contribution >= 0.6 is 0 Å². The summed E-state index contributed by atoms with van der Waals surface area (Å²) in [6.07, 6.45) is 0.389. The van der Waals surface area contributed by atoms with Crippen molar-refractivity contribution in [1.29, 1.82) is 0 Å². The molecule has 0 bridgehead atoms. The Morgan fingerprint density at radius 3 is 2.48 bits per heavy atom. The number of aliphatic carboxylic acids is 1. The standard InChI is InChI=1S/C16H14F2O3/c1-2-10-7-8-12(16(18)15(10)17)11-5-3-4-6-13(11)21-9-14(19)20/h3-8H,2,9H2,1H3,(H,19,20). The van der Waals surface area contributed by atoms with Gasteiger partial charge in [0.05, 0.1) is 0 Å². The lowest BCUT2D eigenvalue weighted by Crippen LogP contribution is -2.10. The van der Waals surface area contributed by atoms with Gasteiger partial charge in [-0.2, -0.15) is 0 Å². The maximum atomic E-state index is 14.2. The highest BCUT2D eigenvalue weighted by atomic mass is 19.2. The Morgan fingerprint density at radius 2 is 1.81 bits per heavy atom. The van der Waals surface area contributed by atoms with Gasteiger partial charge in [0.1, 0.15) is 5.75 Å². The Morgan fingerprint density at radius 1 is 1.10 bits per heavy atom. The van der Waals surface area contributed by atoms with Gasteiger partial charge in [-0.25, -0.2) is 13.6 Å². The molecular formula is C16H14F2O3. The normalized spacial score (nSPS) is 10.4. The van der Waals surface area contributed by atoms with E-state index in [1.54, 1.807) is 25.1 Å². The fourth-order valence-corrected chi connectivity index (χ4v) is 2.03. The molecule has 1 N–H and O–H groups in total. The number of rotatable bonds is 5. The van der Waals surface area contributed by atoms with E-state index in [4.69, 9.17) is 9.84 Å². The average molecular weight is 292 g/mol. The number of hydrogen-bond acceptors (Lipinski definition) is 2. The van der Waals surface area contributed by atoms with E-state index in [0.717, 1.165) is 0 Å². The van der Waals surface area contributed by atoms with Crippen LogP contribution in [-0.2, 0) is 11.2 Å². The summed E-state index contributed by atoms with van der Waals surface area (Å²) < 4.78 is 33.2. The summed E-state index contributed by atoms with van der Waals surface area (Å²) in [5.41, 5.74) is 0.656. The number of carboxylic acids is 1. The quantitative estimate of drug-likeness (QED) is 0.914. The van der Waals surface area contributed by atoms with Gasteiger partial charge in [0.25, 0.3) is 0 Å². The Bertz CT molecular complexity index is 669. The van der Waals surface area contributed by atoms with E-state index < -0.39 is 24.2 Å². The van der Waals surface area contributed by atoms with Gasteiger partial charge < -0.3 is 9.84 Å². The molecule has 0 amide bonds. The van der Waals surface area contributed by atoms with E-state index in [-0.39, 0.29) is 11.3 Å². The van der Waals surface area contributed by atoms with E-state index in [1.165, 1.54) is 18.2 Å². The van der Waals surface area contributed by atoms with E-state index in [1.807, 2.05) is 0 Å². The smallest absolute Gasteiger partial charge is 0.341 e. The molecule has 0 atom stereocenters. The molecule has 2 rings (SSSR count). The van der Waals surface area contributed by atoms with Crippen molar-refractivity contribution in [3.8, 4) is 16.9 Å². The fourth-order valence-electron chi connectivity index (χ4n) is 2.03. The average Bonchev–Trinajstić information content (AvgIpc) is 2.48. The van der Waals surface area contributed by atoms with Crippen molar-refractivity contribution in [1.82, 2.24) is 0 Å². The maximum absolute atomic E-state index is 14.2. The van der Waals surface area contributed by atoms with Crippen molar-refractivity contribution in [2.24, 2.45) is 0 Å². The SMILES string of the molecule is CCc1ccc(-c2ccccc2OCC(=O)O)c(F)c1F. The van der Waals surface area contributed by atoms with E-state index in [0.29, 0.717) is 17.5 Å². The molecule has 0 aliphatic heterocycles. The number of halogens is 2. The fraction of sp³-hybridized carbons (Fsp3) is 0.188. The van der Waals surface area contributed by atoms with Crippen LogP contribution in [0.5, 0.6) is 5.75 Å². The minimum Gasteiger partial charge on any atom is -0.481 e. The van der Waals surface area contributed by atoms with Crippen LogP contribution in [0.25, 0.3) is 11.1 Å². The van der Waals surface area contributed by atoms with Crippen LogP contribution < -0.4 is 4.74 Å². The zero-order valence-electron chi connectivity index (χ0n) is 11.4. The molecule has 0 saturated heterocycles. The molecule has 2 aromatic carbocycles. The summed E-state index contributed by atoms with van der Waals surface area (Å²) in [5.74, 6) is -2.79. The number of hydrogen-bond donors (Lipinski definition) is 1. The molecule has 0 aliphatic rings. The second-order valence-electron chi connectivity index (χ2n) is 4.43. The molecule has 0 fully saturated rings. The molecule has 0 saturated carbocycles. The number of aryl methyl sites for hydroxylation is 1. The topological polar surface area (TPSA) is 46.5 Å². The number of carbonyl (C=O) groups is 1. The molecule has 0 aliphatic carbocycles. The minimum absolute atomic E-state index is 0.0469. The second kappa shape index (κ2) is 6.35. The first-order valence-corrected chi connectivity index (χ1v) is 6.45. The largest absolute Gasteiger partial charge is 0.481 e. The summed E-state index contributed by atoms with van der Waals surface area (Å²) in [7, 11) is 0. The van der Waals surface area contributed by atoms with Gasteiger partial charge in [-0.3, -0.25) is 0 Å². The van der Waals surface area contributed by atoms with Crippen molar-refractivity contribution in [2.75, 3.05) is 6.61 Å². The van der Waals surface area contributed by atoms with Gasteiger partial charge >= 0.3 is 5.97 Å². The molecule has 5 heteroatoms. The predicted molar refractivity (Wildman–Crippen MR) is 74.3 cm³/mol. The molecule has 2 aromatic rings. The summed E-state index contributed by atoms with van der Waals surface area (Å²) in [4.78, 5) is 10.6. The van der Waals surface area contributed by atoms with Crippen LogP contribution in [0.2, 0.25) is 0 Å². The monoisotopic (exact) mass is 292 g/mol. The summed E-state index contributed by atoms with van der Waals surface area (Å²) in [6, 6.07) is 9.34. The zero-order valence-corrected chi connectivity index (χ0v) is 11.4. The predicted octanol–water partition coefficient (Wildman–Crippen LogP) is 3.66. The summed E-state index contributed by atoms with van der Waals surface area (Å²) in [5, 5.41) is 8.64. The highest BCUT2D eigenvalue weighted by Crippen LogP contribution is 2.33. The van der Waals surface area contributed by atoms with Gasteiger partial charge in [0, 0.05) is 11.1 Å². The Balaban J connectivity index is 2.47. The molecule has 21 heavy (non-hydrogen) atoms. The van der Waals surface area contributed by atoms with Crippen LogP contribution in [0.15, 0.2) is 36.4 Å². The highest BCUT2D eigenvalue weighted by Gasteiger charge is 2.16. The number of benzene rings is 2. The van der Waals surface area contributed by atoms with Crippen LogP contribution in [-0.4, -0.2) is 17.7 Å². The van der Waals surface area contributed by atoms with Crippen molar-refractivity contribution >= 4 is 5.97 Å². The van der Waals surface area contributed by atoms with Gasteiger partial charge in [0.15, 0.2) is 18.2 Å². The highest BCUT2D eigenvalue weighted by molar-refractivity contribution is 5.73. The Hall–Kier alpha value is -2.43. The molecule has 3 nitrogen and oxygen atoms in total. The molecule has 0 aromatic heterocycles. The number of carboxylic acid groups (broad SMARTS) is 1. The third-order valence-corrected chi connectivity index (χ3v) is 3.07. The summed E-state index contributed by atoms with van der Waals surface area (Å²) in [6.45, 7) is 1.19. The van der Waals surface area contributed by atoms with Gasteiger partial charge in [-0.1, -0.05) is 37.3 Å². The molecule has 110 valence electrons. The Labute approximate surface area is 120 Å². The van der Waals surface area contributed by atoms with Gasteiger partial charge in [0.2, 0.25) is 0 Å². The lowest BCUT2D eigenvalue weighted by molar-refractivity contribution is -0.139. The number of para-hydroxylation sites is 1.